The highest BCUT2D eigenvalue weighted by molar-refractivity contribution is 7.99. The first-order valence-corrected chi connectivity index (χ1v) is 14.8. The van der Waals surface area contributed by atoms with Crippen LogP contribution >= 0.6 is 23.4 Å². The highest BCUT2D eigenvalue weighted by Crippen LogP contribution is 2.41. The summed E-state index contributed by atoms with van der Waals surface area (Å²) in [5.41, 5.74) is -2.55. The first-order valence-electron chi connectivity index (χ1n) is 13.6. The minimum Gasteiger partial charge on any atom is -0.465 e. The number of nitro benzene ring substituents is 1. The van der Waals surface area contributed by atoms with Gasteiger partial charge < -0.3 is 20.3 Å². The van der Waals surface area contributed by atoms with Gasteiger partial charge in [0.1, 0.15) is 11.1 Å². The average molecular weight is 685 g/mol. The van der Waals surface area contributed by atoms with Crippen LogP contribution in [0.5, 0.6) is 0 Å². The summed E-state index contributed by atoms with van der Waals surface area (Å²) >= 11 is 6.93. The normalized spacial score (nSPS) is 18.9. The molecule has 1 amide bonds. The van der Waals surface area contributed by atoms with Gasteiger partial charge in [-0.3, -0.25) is 24.5 Å². The fourth-order valence-electron chi connectivity index (χ4n) is 5.35. The first-order chi connectivity index (χ1) is 21.5. The number of imidazole rings is 1. The van der Waals surface area contributed by atoms with Gasteiger partial charge in [0.05, 0.1) is 39.7 Å². The Morgan fingerprint density at radius 3 is 2.37 bits per heavy atom. The Morgan fingerprint density at radius 1 is 1.13 bits per heavy atom. The lowest BCUT2D eigenvalue weighted by Crippen LogP contribution is -2.58. The van der Waals surface area contributed by atoms with E-state index in [4.69, 9.17) is 11.6 Å². The second kappa shape index (κ2) is 13.7. The standard InChI is InChI=1S/C28H28ClF3N6O7S/c1-3-5-20-23(17-8-10-18(11-9-17)28(30,31)32)34(12-13-36(20)26(39)40)15-27(2,41)16-35-14-22(38(44)45)33-25(35)46-24-19(29)6-4-7-21(24)37(42)43/h3-11,14,20,23,41H,12-13,15-16H2,1-2H3,(H,39,40)/t20-,23?,27?/m0/s1. The number of nitrogens with zero attached hydrogens (tertiary/aromatic N) is 6. The lowest BCUT2D eigenvalue weighted by molar-refractivity contribution is -0.389. The van der Waals surface area contributed by atoms with Crippen molar-refractivity contribution in [3.8, 4) is 0 Å². The number of carbonyl (C=O) groups is 1. The van der Waals surface area contributed by atoms with Crippen LogP contribution in [0, 0.1) is 20.2 Å². The zero-order valence-electron chi connectivity index (χ0n) is 24.3. The van der Waals surface area contributed by atoms with Gasteiger partial charge in [0.15, 0.2) is 0 Å². The number of benzene rings is 2. The molecule has 1 saturated heterocycles. The highest BCUT2D eigenvalue weighted by Gasteiger charge is 2.42. The topological polar surface area (TPSA) is 168 Å². The molecule has 2 heterocycles. The molecule has 0 radical (unpaired) electrons. The van der Waals surface area contributed by atoms with Crippen LogP contribution in [0.4, 0.5) is 29.5 Å². The van der Waals surface area contributed by atoms with Gasteiger partial charge in [0.25, 0.3) is 10.8 Å². The van der Waals surface area contributed by atoms with Gasteiger partial charge in [-0.15, -0.1) is 0 Å². The molecular formula is C28H28ClF3N6O7S. The van der Waals surface area contributed by atoms with Gasteiger partial charge in [-0.25, -0.2) is 4.79 Å². The molecule has 4 rings (SSSR count). The molecule has 1 aliphatic rings. The van der Waals surface area contributed by atoms with Crippen molar-refractivity contribution in [3.63, 3.8) is 0 Å². The molecule has 0 aliphatic carbocycles. The third kappa shape index (κ3) is 7.78. The molecule has 18 heteroatoms. The highest BCUT2D eigenvalue weighted by atomic mass is 35.5. The van der Waals surface area contributed by atoms with Crippen molar-refractivity contribution < 1.29 is 38.0 Å². The van der Waals surface area contributed by atoms with Crippen LogP contribution in [0.25, 0.3) is 0 Å². The van der Waals surface area contributed by atoms with E-state index in [1.165, 1.54) is 41.8 Å². The second-order valence-corrected chi connectivity index (χ2v) is 12.1. The summed E-state index contributed by atoms with van der Waals surface area (Å²) < 4.78 is 41.2. The van der Waals surface area contributed by atoms with E-state index in [2.05, 4.69) is 4.98 Å². The molecule has 3 aromatic rings. The van der Waals surface area contributed by atoms with Crippen molar-refractivity contribution in [1.29, 1.82) is 0 Å². The van der Waals surface area contributed by atoms with Crippen LogP contribution in [0.2, 0.25) is 5.02 Å². The summed E-state index contributed by atoms with van der Waals surface area (Å²) in [4.78, 5) is 40.8. The minimum absolute atomic E-state index is 0.00821. The largest absolute Gasteiger partial charge is 0.465 e. The Kier molecular flexibility index (Phi) is 10.3. The third-order valence-electron chi connectivity index (χ3n) is 7.22. The number of allylic oxidation sites excluding steroid dienone is 1. The zero-order valence-corrected chi connectivity index (χ0v) is 25.9. The van der Waals surface area contributed by atoms with Gasteiger partial charge in [0, 0.05) is 25.7 Å². The molecule has 1 fully saturated rings. The predicted molar refractivity (Wildman–Crippen MR) is 161 cm³/mol. The smallest absolute Gasteiger partial charge is 0.416 e. The number of hydrogen-bond acceptors (Lipinski definition) is 9. The Hall–Kier alpha value is -4.19. The Bertz CT molecular complexity index is 1650. The fraction of sp³-hybridized carbons (Fsp3) is 0.357. The molecule has 0 spiro atoms. The van der Waals surface area contributed by atoms with Crippen molar-refractivity contribution in [3.05, 3.63) is 97.2 Å². The molecule has 13 nitrogen and oxygen atoms in total. The number of carboxylic acid groups (broad SMARTS) is 1. The van der Waals surface area contributed by atoms with E-state index in [-0.39, 0.29) is 46.9 Å². The Balaban J connectivity index is 1.70. The minimum atomic E-state index is -4.59. The maximum atomic E-state index is 13.3. The van der Waals surface area contributed by atoms with Crippen LogP contribution in [0.1, 0.15) is 31.0 Å². The first kappa shape index (κ1) is 34.7. The number of nitro groups is 2. The van der Waals surface area contributed by atoms with Crippen molar-refractivity contribution >= 4 is 41.0 Å². The van der Waals surface area contributed by atoms with Gasteiger partial charge in [0.2, 0.25) is 0 Å². The quantitative estimate of drug-likeness (QED) is 0.141. The number of piperazine rings is 1. The monoisotopic (exact) mass is 684 g/mol. The van der Waals surface area contributed by atoms with Gasteiger partial charge >= 0.3 is 18.1 Å². The molecule has 3 atom stereocenters. The summed E-state index contributed by atoms with van der Waals surface area (Å²) in [6.45, 7) is 2.77. The van der Waals surface area contributed by atoms with E-state index >= 15 is 0 Å². The van der Waals surface area contributed by atoms with E-state index < -0.39 is 51.2 Å². The van der Waals surface area contributed by atoms with E-state index in [9.17, 15) is 48.4 Å². The van der Waals surface area contributed by atoms with Gasteiger partial charge in [-0.2, -0.15) is 13.2 Å². The number of hydrogen-bond donors (Lipinski definition) is 2. The number of alkyl halides is 3. The Labute approximate surface area is 269 Å². The molecular weight excluding hydrogens is 657 g/mol. The SMILES string of the molecule is CC=C[C@H]1C(c2ccc(C(F)(F)F)cc2)N(CC(C)(O)Cn2cc([N+](=O)[O-])nc2Sc2c(Cl)cccc2[N+](=O)[O-])CCN1C(=O)O. The summed E-state index contributed by atoms with van der Waals surface area (Å²) in [5.74, 6) is -0.584. The van der Waals surface area contributed by atoms with Crippen molar-refractivity contribution in [2.45, 2.75) is 54.3 Å². The van der Waals surface area contributed by atoms with Crippen LogP contribution in [-0.4, -0.2) is 76.8 Å². The number of aromatic nitrogens is 2. The van der Waals surface area contributed by atoms with E-state index in [0.717, 1.165) is 23.2 Å². The summed E-state index contributed by atoms with van der Waals surface area (Å²) in [6.07, 6.45) is -1.51. The second-order valence-electron chi connectivity index (χ2n) is 10.7. The van der Waals surface area contributed by atoms with E-state index in [1.807, 2.05) is 0 Å². The molecule has 1 aromatic heterocycles. The number of halogens is 4. The summed E-state index contributed by atoms with van der Waals surface area (Å²) in [6, 6.07) is 6.70. The fourth-order valence-corrected chi connectivity index (χ4v) is 6.61. The maximum absolute atomic E-state index is 13.3. The number of β-amino-alcohol motifs (C(OH)–C–C–N with tert-alkyl or cyclic N) is 1. The zero-order chi connectivity index (χ0) is 34.0. The molecule has 0 saturated carbocycles. The van der Waals surface area contributed by atoms with Crippen LogP contribution in [0.3, 0.4) is 0 Å². The van der Waals surface area contributed by atoms with E-state index in [0.29, 0.717) is 17.3 Å². The third-order valence-corrected chi connectivity index (χ3v) is 8.79. The molecule has 46 heavy (non-hydrogen) atoms. The lowest BCUT2D eigenvalue weighted by atomic mass is 9.91. The van der Waals surface area contributed by atoms with Crippen molar-refractivity contribution in [2.75, 3.05) is 19.6 Å². The summed E-state index contributed by atoms with van der Waals surface area (Å²) in [5, 5.41) is 44.7. The molecule has 246 valence electrons. The molecule has 0 bridgehead atoms. The number of amides is 1. The van der Waals surface area contributed by atoms with Crippen LogP contribution in [-0.2, 0) is 12.7 Å². The molecule has 2 aromatic carbocycles. The van der Waals surface area contributed by atoms with Crippen molar-refractivity contribution in [2.24, 2.45) is 0 Å². The van der Waals surface area contributed by atoms with Gasteiger partial charge in [-0.1, -0.05) is 42.0 Å². The van der Waals surface area contributed by atoms with E-state index in [1.54, 1.807) is 24.0 Å². The average Bonchev–Trinajstić information content (AvgIpc) is 3.35. The molecule has 1 aliphatic heterocycles. The van der Waals surface area contributed by atoms with Gasteiger partial charge in [-0.05, 0) is 59.3 Å². The maximum Gasteiger partial charge on any atom is 0.416 e. The van der Waals surface area contributed by atoms with Crippen LogP contribution in [0.15, 0.2) is 70.9 Å². The molecule has 2 unspecified atom stereocenters. The summed E-state index contributed by atoms with van der Waals surface area (Å²) in [7, 11) is 0. The number of rotatable bonds is 10. The lowest BCUT2D eigenvalue weighted by Gasteiger charge is -2.47. The van der Waals surface area contributed by atoms with Crippen molar-refractivity contribution in [1.82, 2.24) is 19.4 Å². The number of aliphatic hydroxyl groups is 1. The Morgan fingerprint density at radius 2 is 1.80 bits per heavy atom. The molecule has 2 N–H and O–H groups in total. The predicted octanol–water partition coefficient (Wildman–Crippen LogP) is 6.26. The van der Waals surface area contributed by atoms with Crippen LogP contribution < -0.4 is 0 Å².